The number of hydrogen-bond donors (Lipinski definition) is 7. The highest BCUT2D eigenvalue weighted by Crippen LogP contribution is 2.02. The number of rotatable bonds is 13. The fourth-order valence-corrected chi connectivity index (χ4v) is 2.08. The first kappa shape index (κ1) is 23.7. The van der Waals surface area contributed by atoms with Gasteiger partial charge in [-0.1, -0.05) is 0 Å². The van der Waals surface area contributed by atoms with E-state index in [0.717, 1.165) is 0 Å². The van der Waals surface area contributed by atoms with Gasteiger partial charge >= 0.3 is 0 Å². The van der Waals surface area contributed by atoms with Crippen molar-refractivity contribution in [3.8, 4) is 0 Å². The molecule has 0 aromatic rings. The van der Waals surface area contributed by atoms with Crippen LogP contribution in [0.25, 0.3) is 0 Å². The molecule has 3 atom stereocenters. The molecule has 0 heterocycles. The average molecular weight is 393 g/mol. The van der Waals surface area contributed by atoms with Gasteiger partial charge in [0, 0.05) is 12.3 Å². The van der Waals surface area contributed by atoms with Crippen molar-refractivity contribution in [1.29, 1.82) is 0 Å². The molecule has 0 aromatic heterocycles. The molecule has 0 spiro atoms. The molecule has 0 aliphatic heterocycles. The number of amides is 3. The van der Waals surface area contributed by atoms with E-state index in [-0.39, 0.29) is 24.0 Å². The van der Waals surface area contributed by atoms with E-state index in [1.165, 1.54) is 0 Å². The second-order valence-electron chi connectivity index (χ2n) is 5.28. The van der Waals surface area contributed by atoms with Crippen LogP contribution >= 0.6 is 25.3 Å². The molecule has 0 saturated carbocycles. The molecule has 9 nitrogen and oxygen atoms in total. The maximum atomic E-state index is 12.2. The zero-order valence-electron chi connectivity index (χ0n) is 13.9. The zero-order valence-corrected chi connectivity index (χ0v) is 15.7. The Balaban J connectivity index is 4.73. The molecule has 0 aliphatic rings. The Morgan fingerprint density at radius 2 is 1.76 bits per heavy atom. The number of thiol groups is 2. The van der Waals surface area contributed by atoms with Gasteiger partial charge in [-0.05, 0) is 25.8 Å². The lowest BCUT2D eigenvalue weighted by atomic mass is 10.1. The normalized spacial score (nSPS) is 14.1. The van der Waals surface area contributed by atoms with Crippen LogP contribution < -0.4 is 27.4 Å². The van der Waals surface area contributed by atoms with Gasteiger partial charge < -0.3 is 27.4 Å². The summed E-state index contributed by atoms with van der Waals surface area (Å²) in [4.78, 5) is 46.2. The molecule has 0 aliphatic carbocycles. The summed E-state index contributed by atoms with van der Waals surface area (Å²) in [6, 6.07) is -2.76. The first-order valence-corrected chi connectivity index (χ1v) is 9.08. The van der Waals surface area contributed by atoms with Crippen LogP contribution in [-0.4, -0.2) is 66.7 Å². The molecule has 0 aromatic carbocycles. The van der Waals surface area contributed by atoms with Gasteiger partial charge in [-0.3, -0.25) is 19.2 Å². The Morgan fingerprint density at radius 1 is 1.08 bits per heavy atom. The van der Waals surface area contributed by atoms with E-state index in [2.05, 4.69) is 41.2 Å². The van der Waals surface area contributed by atoms with Crippen molar-refractivity contribution in [3.05, 3.63) is 0 Å². The minimum atomic E-state index is -1.02. The lowest BCUT2D eigenvalue weighted by molar-refractivity contribution is -0.130. The molecule has 1 radical (unpaired) electrons. The lowest BCUT2D eigenvalue weighted by Gasteiger charge is -2.22. The molecule has 143 valence electrons. The topological polar surface area (TPSA) is 156 Å². The molecular weight excluding hydrogens is 366 g/mol. The molecule has 11 heteroatoms. The summed E-state index contributed by atoms with van der Waals surface area (Å²) >= 11 is 7.73. The molecule has 3 amide bonds. The summed E-state index contributed by atoms with van der Waals surface area (Å²) < 4.78 is 0. The van der Waals surface area contributed by atoms with Gasteiger partial charge in [-0.15, -0.1) is 0 Å². The van der Waals surface area contributed by atoms with Crippen LogP contribution in [0.4, 0.5) is 0 Å². The number of unbranched alkanes of at least 4 members (excludes halogenated alkanes) is 1. The summed E-state index contributed by atoms with van der Waals surface area (Å²) in [5.41, 5.74) is 11.1. The van der Waals surface area contributed by atoms with E-state index in [1.807, 2.05) is 0 Å². The summed E-state index contributed by atoms with van der Waals surface area (Å²) in [5.74, 6) is -1.41. The zero-order chi connectivity index (χ0) is 19.2. The minimum absolute atomic E-state index is 0.0221. The Labute approximate surface area is 158 Å². The molecule has 0 unspecified atom stereocenters. The average Bonchev–Trinajstić information content (AvgIpc) is 2.62. The molecular formula is C14H26N5O4S2. The van der Waals surface area contributed by atoms with E-state index in [4.69, 9.17) is 11.5 Å². The number of nitrogens with two attached hydrogens (primary N) is 2. The van der Waals surface area contributed by atoms with Crippen LogP contribution in [0.5, 0.6) is 0 Å². The van der Waals surface area contributed by atoms with E-state index >= 15 is 0 Å². The van der Waals surface area contributed by atoms with Gasteiger partial charge in [0.2, 0.25) is 24.0 Å². The van der Waals surface area contributed by atoms with Crippen molar-refractivity contribution < 1.29 is 19.2 Å². The fourth-order valence-electron chi connectivity index (χ4n) is 1.80. The van der Waals surface area contributed by atoms with Crippen molar-refractivity contribution >= 4 is 49.3 Å². The minimum Gasteiger partial charge on any atom is -0.353 e. The first-order valence-electron chi connectivity index (χ1n) is 7.82. The highest BCUT2D eigenvalue weighted by molar-refractivity contribution is 7.81. The highest BCUT2D eigenvalue weighted by atomic mass is 32.1. The largest absolute Gasteiger partial charge is 0.353 e. The molecule has 0 fully saturated rings. The Morgan fingerprint density at radius 3 is 2.28 bits per heavy atom. The van der Waals surface area contributed by atoms with Crippen LogP contribution in [0.2, 0.25) is 0 Å². The van der Waals surface area contributed by atoms with Crippen LogP contribution in [0, 0.1) is 0 Å². The lowest BCUT2D eigenvalue weighted by Crippen LogP contribution is -2.55. The third-order valence-electron chi connectivity index (χ3n) is 3.22. The summed E-state index contributed by atoms with van der Waals surface area (Å²) in [7, 11) is 0. The molecule has 0 saturated heterocycles. The molecule has 7 N–H and O–H groups in total. The first-order chi connectivity index (χ1) is 11.9. The van der Waals surface area contributed by atoms with Crippen LogP contribution in [0.3, 0.4) is 0 Å². The smallest absolute Gasteiger partial charge is 0.243 e. The monoisotopic (exact) mass is 392 g/mol. The molecule has 25 heavy (non-hydrogen) atoms. The predicted molar refractivity (Wildman–Crippen MR) is 101 cm³/mol. The highest BCUT2D eigenvalue weighted by Gasteiger charge is 2.25. The summed E-state index contributed by atoms with van der Waals surface area (Å²) in [6.07, 6.45) is 3.27. The van der Waals surface area contributed by atoms with Crippen molar-refractivity contribution in [3.63, 3.8) is 0 Å². The molecule has 0 rings (SSSR count). The third kappa shape index (κ3) is 10.3. The fraction of sp³-hybridized carbons (Fsp3) is 0.714. The molecule has 0 bridgehead atoms. The number of carbonyl (C=O) groups is 3. The maximum Gasteiger partial charge on any atom is 0.243 e. The van der Waals surface area contributed by atoms with Gasteiger partial charge in [0.25, 0.3) is 0 Å². The standard InChI is InChI=1S/C14H26N5O4S2/c15-4-2-1-3-11(14(23)18-9(6-20)7-24)19-13(22)10(16)5-17-12(21)8-25/h9-11,24-25H,1-5,7-8,15-16H2,(H,17,21)(H,18,23)(H,19,22)/t9-,10+,11+/m1/s1. The van der Waals surface area contributed by atoms with Crippen molar-refractivity contribution in [2.45, 2.75) is 37.4 Å². The summed E-state index contributed by atoms with van der Waals surface area (Å²) in [5, 5.41) is 7.41. The summed E-state index contributed by atoms with van der Waals surface area (Å²) in [6.45, 7) is 0.378. The van der Waals surface area contributed by atoms with Gasteiger partial charge in [0.05, 0.1) is 5.75 Å². The Hall–Kier alpha value is -1.30. The number of hydrogen-bond acceptors (Lipinski definition) is 8. The quantitative estimate of drug-likeness (QED) is 0.136. The Bertz CT molecular complexity index is 453. The van der Waals surface area contributed by atoms with E-state index in [0.29, 0.717) is 25.8 Å². The second-order valence-corrected chi connectivity index (χ2v) is 5.96. The van der Waals surface area contributed by atoms with Crippen molar-refractivity contribution in [1.82, 2.24) is 16.0 Å². The van der Waals surface area contributed by atoms with Crippen LogP contribution in [0.15, 0.2) is 0 Å². The number of carbonyl (C=O) groups excluding carboxylic acids is 4. The number of nitrogens with one attached hydrogen (secondary N) is 3. The van der Waals surface area contributed by atoms with Gasteiger partial charge in [-0.2, -0.15) is 25.3 Å². The van der Waals surface area contributed by atoms with Gasteiger partial charge in [0.1, 0.15) is 18.1 Å². The van der Waals surface area contributed by atoms with Crippen molar-refractivity contribution in [2.24, 2.45) is 11.5 Å². The van der Waals surface area contributed by atoms with Crippen molar-refractivity contribution in [2.75, 3.05) is 24.6 Å². The second kappa shape index (κ2) is 13.9. The predicted octanol–water partition coefficient (Wildman–Crippen LogP) is -2.50. The Kier molecular flexibility index (Phi) is 13.2. The van der Waals surface area contributed by atoms with Gasteiger partial charge in [0.15, 0.2) is 0 Å². The van der Waals surface area contributed by atoms with Crippen LogP contribution in [0.1, 0.15) is 19.3 Å². The SMILES string of the molecule is NCCCC[C@H](NC(=O)[C@@H](N)CNC(=O)CS)C(=O)N[C@H]([C]=O)CS. The third-order valence-corrected chi connectivity index (χ3v) is 3.87. The van der Waals surface area contributed by atoms with E-state index < -0.39 is 29.9 Å². The van der Waals surface area contributed by atoms with E-state index in [1.54, 1.807) is 6.29 Å². The van der Waals surface area contributed by atoms with E-state index in [9.17, 15) is 19.2 Å². The maximum absolute atomic E-state index is 12.2. The van der Waals surface area contributed by atoms with Gasteiger partial charge in [-0.25, -0.2) is 0 Å². The van der Waals surface area contributed by atoms with Crippen LogP contribution in [-0.2, 0) is 19.2 Å².